The van der Waals surface area contributed by atoms with Crippen LogP contribution in [0, 0.1) is 0 Å². The van der Waals surface area contributed by atoms with Gasteiger partial charge in [0.05, 0.1) is 12.3 Å². The molecule has 0 saturated carbocycles. The van der Waals surface area contributed by atoms with E-state index in [1.807, 2.05) is 30.3 Å². The van der Waals surface area contributed by atoms with Gasteiger partial charge >= 0.3 is 5.24 Å². The minimum atomic E-state index is -3.88. The number of carbonyl (C=O) groups excluding carboxylic acids is 1. The fraction of sp³-hybridized carbons (Fsp3) is 0.188. The van der Waals surface area contributed by atoms with Gasteiger partial charge in [-0.05, 0) is 30.7 Å². The fourth-order valence-electron chi connectivity index (χ4n) is 2.39. The number of amides is 1. The summed E-state index contributed by atoms with van der Waals surface area (Å²) in [5.41, 5.74) is 0.451. The van der Waals surface area contributed by atoms with Crippen LogP contribution in [0.2, 0.25) is 0 Å². The Bertz CT molecular complexity index is 787. The number of para-hydroxylation sites is 2. The number of sulfone groups is 1. The second-order valence-corrected chi connectivity index (χ2v) is 6.70. The Morgan fingerprint density at radius 2 is 1.64 bits per heavy atom. The molecule has 114 valence electrons. The first kappa shape index (κ1) is 14.6. The van der Waals surface area contributed by atoms with Crippen LogP contribution in [0.5, 0.6) is 5.75 Å². The van der Waals surface area contributed by atoms with E-state index in [-0.39, 0.29) is 4.90 Å². The van der Waals surface area contributed by atoms with E-state index in [4.69, 9.17) is 4.74 Å². The van der Waals surface area contributed by atoms with Crippen molar-refractivity contribution in [3.63, 3.8) is 0 Å². The van der Waals surface area contributed by atoms with E-state index in [0.717, 1.165) is 5.75 Å². The van der Waals surface area contributed by atoms with Crippen molar-refractivity contribution in [2.45, 2.75) is 11.3 Å². The minimum Gasteiger partial charge on any atom is -0.494 e. The van der Waals surface area contributed by atoms with Crippen molar-refractivity contribution in [1.29, 1.82) is 0 Å². The molecule has 3 rings (SSSR count). The second-order valence-electron chi connectivity index (χ2n) is 4.90. The maximum absolute atomic E-state index is 12.0. The third-order valence-corrected chi connectivity index (χ3v) is 5.04. The van der Waals surface area contributed by atoms with Crippen molar-refractivity contribution in [3.05, 3.63) is 54.6 Å². The molecule has 5 nitrogen and oxygen atoms in total. The Morgan fingerprint density at radius 3 is 2.41 bits per heavy atom. The summed E-state index contributed by atoms with van der Waals surface area (Å²) in [5, 5.41) is -0.853. The van der Waals surface area contributed by atoms with Crippen LogP contribution in [-0.4, -0.2) is 26.8 Å². The first-order valence-corrected chi connectivity index (χ1v) is 8.42. The number of rotatable bonds is 5. The summed E-state index contributed by atoms with van der Waals surface area (Å²) in [5.74, 6) is 0.753. The number of ether oxygens (including phenoxy) is 1. The van der Waals surface area contributed by atoms with E-state index in [0.29, 0.717) is 25.3 Å². The van der Waals surface area contributed by atoms with Crippen molar-refractivity contribution in [1.82, 2.24) is 0 Å². The summed E-state index contributed by atoms with van der Waals surface area (Å²) in [6.45, 7) is 0.720. The predicted octanol–water partition coefficient (Wildman–Crippen LogP) is 2.87. The third kappa shape index (κ3) is 2.57. The highest BCUT2D eigenvalue weighted by Gasteiger charge is 2.41. The summed E-state index contributed by atoms with van der Waals surface area (Å²) in [7, 11) is -3.88. The van der Waals surface area contributed by atoms with E-state index < -0.39 is 15.1 Å². The summed E-state index contributed by atoms with van der Waals surface area (Å²) in [4.78, 5) is 13.4. The van der Waals surface area contributed by atoms with Crippen molar-refractivity contribution in [3.8, 4) is 5.75 Å². The molecule has 0 N–H and O–H groups in total. The Hall–Kier alpha value is -2.34. The lowest BCUT2D eigenvalue weighted by Gasteiger charge is -2.15. The van der Waals surface area contributed by atoms with Crippen LogP contribution in [0.15, 0.2) is 59.5 Å². The molecule has 6 heteroatoms. The maximum Gasteiger partial charge on any atom is 0.348 e. The number of carbonyl (C=O) groups is 1. The van der Waals surface area contributed by atoms with Gasteiger partial charge in [-0.15, -0.1) is 0 Å². The highest BCUT2D eigenvalue weighted by molar-refractivity contribution is 8.07. The van der Waals surface area contributed by atoms with Crippen LogP contribution in [-0.2, 0) is 9.84 Å². The largest absolute Gasteiger partial charge is 0.494 e. The SMILES string of the molecule is O=C1N(CCCOc2ccccc2)c2ccccc2S1(=O)=O. The lowest BCUT2D eigenvalue weighted by molar-refractivity contribution is 0.262. The van der Waals surface area contributed by atoms with Gasteiger partial charge in [0, 0.05) is 6.54 Å². The van der Waals surface area contributed by atoms with Gasteiger partial charge in [-0.1, -0.05) is 30.3 Å². The standard InChI is InChI=1S/C16H15NO4S/c18-16-17(11-6-12-21-13-7-2-1-3-8-13)14-9-4-5-10-15(14)22(16,19)20/h1-5,7-10H,6,11-12H2. The van der Waals surface area contributed by atoms with Crippen LogP contribution in [0.1, 0.15) is 6.42 Å². The number of anilines is 1. The van der Waals surface area contributed by atoms with Crippen molar-refractivity contribution in [2.24, 2.45) is 0 Å². The summed E-state index contributed by atoms with van der Waals surface area (Å²) in [6, 6.07) is 15.8. The molecule has 22 heavy (non-hydrogen) atoms. The topological polar surface area (TPSA) is 63.7 Å². The molecule has 0 spiro atoms. The van der Waals surface area contributed by atoms with Crippen LogP contribution >= 0.6 is 0 Å². The van der Waals surface area contributed by atoms with Gasteiger partial charge < -0.3 is 4.74 Å². The molecule has 0 aromatic heterocycles. The molecule has 0 aliphatic carbocycles. The smallest absolute Gasteiger partial charge is 0.348 e. The molecular formula is C16H15NO4S. The van der Waals surface area contributed by atoms with Gasteiger partial charge in [0.1, 0.15) is 10.6 Å². The maximum atomic E-state index is 12.0. The third-order valence-electron chi connectivity index (χ3n) is 3.43. The van der Waals surface area contributed by atoms with Gasteiger partial charge in [-0.2, -0.15) is 0 Å². The molecule has 0 radical (unpaired) electrons. The monoisotopic (exact) mass is 317 g/mol. The van der Waals surface area contributed by atoms with E-state index in [1.165, 1.54) is 11.0 Å². The normalized spacial score (nSPS) is 15.6. The van der Waals surface area contributed by atoms with Crippen LogP contribution in [0.4, 0.5) is 10.5 Å². The van der Waals surface area contributed by atoms with E-state index in [9.17, 15) is 13.2 Å². The molecule has 0 saturated heterocycles. The highest BCUT2D eigenvalue weighted by Crippen LogP contribution is 2.35. The molecule has 1 aliphatic rings. The van der Waals surface area contributed by atoms with E-state index in [1.54, 1.807) is 18.2 Å². The Morgan fingerprint density at radius 1 is 0.955 bits per heavy atom. The molecule has 2 aromatic rings. The van der Waals surface area contributed by atoms with E-state index >= 15 is 0 Å². The zero-order chi connectivity index (χ0) is 15.6. The van der Waals surface area contributed by atoms with Gasteiger partial charge in [-0.3, -0.25) is 9.69 Å². The second kappa shape index (κ2) is 5.81. The minimum absolute atomic E-state index is 0.0870. The molecule has 0 atom stereocenters. The lowest BCUT2D eigenvalue weighted by Crippen LogP contribution is -2.30. The average Bonchev–Trinajstić information content (AvgIpc) is 2.73. The number of hydrogen-bond donors (Lipinski definition) is 0. The Kier molecular flexibility index (Phi) is 3.85. The van der Waals surface area contributed by atoms with Gasteiger partial charge in [-0.25, -0.2) is 8.42 Å². The molecule has 2 aromatic carbocycles. The van der Waals surface area contributed by atoms with Crippen LogP contribution in [0.3, 0.4) is 0 Å². The molecule has 1 heterocycles. The summed E-state index contributed by atoms with van der Waals surface area (Å²) < 4.78 is 29.6. The number of fused-ring (bicyclic) bond motifs is 1. The predicted molar refractivity (Wildman–Crippen MR) is 82.9 cm³/mol. The summed E-state index contributed by atoms with van der Waals surface area (Å²) in [6.07, 6.45) is 0.546. The zero-order valence-electron chi connectivity index (χ0n) is 11.8. The average molecular weight is 317 g/mol. The zero-order valence-corrected chi connectivity index (χ0v) is 12.6. The molecule has 0 fully saturated rings. The first-order chi connectivity index (χ1) is 10.6. The Labute approximate surface area is 129 Å². The number of benzene rings is 2. The molecular weight excluding hydrogens is 302 g/mol. The first-order valence-electron chi connectivity index (χ1n) is 6.94. The van der Waals surface area contributed by atoms with Crippen molar-refractivity contribution >= 4 is 20.8 Å². The summed E-state index contributed by atoms with van der Waals surface area (Å²) >= 11 is 0. The molecule has 1 amide bonds. The molecule has 1 aliphatic heterocycles. The van der Waals surface area contributed by atoms with Crippen molar-refractivity contribution in [2.75, 3.05) is 18.1 Å². The Balaban J connectivity index is 1.65. The van der Waals surface area contributed by atoms with Crippen LogP contribution in [0.25, 0.3) is 0 Å². The molecule has 0 unspecified atom stereocenters. The number of nitrogens with zero attached hydrogens (tertiary/aromatic N) is 1. The van der Waals surface area contributed by atoms with Gasteiger partial charge in [0.2, 0.25) is 0 Å². The fourth-order valence-corrected chi connectivity index (χ4v) is 3.77. The molecule has 0 bridgehead atoms. The number of hydrogen-bond acceptors (Lipinski definition) is 4. The highest BCUT2D eigenvalue weighted by atomic mass is 32.2. The lowest BCUT2D eigenvalue weighted by atomic mass is 10.3. The van der Waals surface area contributed by atoms with Gasteiger partial charge in [0.15, 0.2) is 0 Å². The van der Waals surface area contributed by atoms with Crippen molar-refractivity contribution < 1.29 is 17.9 Å². The van der Waals surface area contributed by atoms with Gasteiger partial charge in [0.25, 0.3) is 9.84 Å². The van der Waals surface area contributed by atoms with Crippen LogP contribution < -0.4 is 9.64 Å². The quantitative estimate of drug-likeness (QED) is 0.796. The van der Waals surface area contributed by atoms with E-state index in [2.05, 4.69) is 0 Å².